The number of nitrogens with zero attached hydrogens (tertiary/aromatic N) is 3. The van der Waals surface area contributed by atoms with Crippen LogP contribution in [-0.4, -0.2) is 17.0 Å². The van der Waals surface area contributed by atoms with Crippen molar-refractivity contribution in [2.75, 3.05) is 11.9 Å². The summed E-state index contributed by atoms with van der Waals surface area (Å²) in [6.07, 6.45) is 3.33. The fourth-order valence-corrected chi connectivity index (χ4v) is 1.89. The van der Waals surface area contributed by atoms with Crippen LogP contribution in [0.25, 0.3) is 0 Å². The maximum absolute atomic E-state index is 5.86. The van der Waals surface area contributed by atoms with Gasteiger partial charge in [-0.1, -0.05) is 23.7 Å². The van der Waals surface area contributed by atoms with Crippen LogP contribution in [0.5, 0.6) is 0 Å². The summed E-state index contributed by atoms with van der Waals surface area (Å²) in [6, 6.07) is 7.76. The highest BCUT2D eigenvalue weighted by Gasteiger charge is 2.09. The number of hydrogen-bond acceptors (Lipinski definition) is 4. The van der Waals surface area contributed by atoms with Gasteiger partial charge in [-0.25, -0.2) is 4.98 Å². The molecule has 0 saturated heterocycles. The third-order valence-electron chi connectivity index (χ3n) is 2.64. The molecule has 18 heavy (non-hydrogen) atoms. The lowest BCUT2D eigenvalue weighted by atomic mass is 10.2. The van der Waals surface area contributed by atoms with Crippen LogP contribution in [0.3, 0.4) is 0 Å². The van der Waals surface area contributed by atoms with Crippen LogP contribution in [0, 0.1) is 0 Å². The first kappa shape index (κ1) is 12.8. The number of halogens is 1. The van der Waals surface area contributed by atoms with E-state index in [4.69, 9.17) is 17.3 Å². The summed E-state index contributed by atoms with van der Waals surface area (Å²) in [5.74, 6) is 0.815. The van der Waals surface area contributed by atoms with E-state index in [0.717, 1.165) is 28.6 Å². The van der Waals surface area contributed by atoms with E-state index in [1.165, 1.54) is 0 Å². The van der Waals surface area contributed by atoms with Gasteiger partial charge in [0.25, 0.3) is 0 Å². The van der Waals surface area contributed by atoms with Gasteiger partial charge in [0.15, 0.2) is 5.82 Å². The zero-order valence-electron chi connectivity index (χ0n) is 10.2. The van der Waals surface area contributed by atoms with E-state index >= 15 is 0 Å². The third-order valence-corrected chi connectivity index (χ3v) is 2.89. The van der Waals surface area contributed by atoms with Crippen LogP contribution in [0.15, 0.2) is 36.7 Å². The minimum atomic E-state index is 0.383. The summed E-state index contributed by atoms with van der Waals surface area (Å²) < 4.78 is 0. The third kappa shape index (κ3) is 2.97. The topological polar surface area (TPSA) is 55.0 Å². The molecule has 0 atom stereocenters. The molecule has 94 valence electrons. The van der Waals surface area contributed by atoms with Crippen LogP contribution in [0.2, 0.25) is 5.02 Å². The molecule has 0 bridgehead atoms. The van der Waals surface area contributed by atoms with Crippen LogP contribution >= 0.6 is 11.6 Å². The molecule has 2 aromatic rings. The molecule has 0 aliphatic rings. The van der Waals surface area contributed by atoms with Crippen molar-refractivity contribution in [3.8, 4) is 0 Å². The first-order valence-corrected chi connectivity index (χ1v) is 6.04. The largest absolute Gasteiger partial charge is 0.354 e. The fourth-order valence-electron chi connectivity index (χ4n) is 1.76. The Morgan fingerprint density at radius 1 is 1.17 bits per heavy atom. The van der Waals surface area contributed by atoms with E-state index in [9.17, 15) is 0 Å². The highest BCUT2D eigenvalue weighted by molar-refractivity contribution is 6.30. The van der Waals surface area contributed by atoms with Gasteiger partial charge in [-0.3, -0.25) is 4.98 Å². The van der Waals surface area contributed by atoms with Crippen molar-refractivity contribution < 1.29 is 0 Å². The molecule has 1 heterocycles. The summed E-state index contributed by atoms with van der Waals surface area (Å²) >= 11 is 5.86. The quantitative estimate of drug-likeness (QED) is 0.918. The molecule has 0 aliphatic carbocycles. The Morgan fingerprint density at radius 2 is 1.83 bits per heavy atom. The summed E-state index contributed by atoms with van der Waals surface area (Å²) in [6.45, 7) is 1.12. The molecule has 1 aromatic carbocycles. The number of aromatic nitrogens is 2. The second-order valence-corrected chi connectivity index (χ2v) is 4.45. The predicted octanol–water partition coefficient (Wildman–Crippen LogP) is 2.23. The molecule has 0 saturated carbocycles. The van der Waals surface area contributed by atoms with Crippen molar-refractivity contribution >= 4 is 17.4 Å². The number of anilines is 1. The van der Waals surface area contributed by atoms with Crippen molar-refractivity contribution in [1.82, 2.24) is 9.97 Å². The number of benzene rings is 1. The summed E-state index contributed by atoms with van der Waals surface area (Å²) in [7, 11) is 1.97. The lowest BCUT2D eigenvalue weighted by molar-refractivity contribution is 0.853. The normalized spacial score (nSPS) is 10.4. The van der Waals surface area contributed by atoms with Gasteiger partial charge >= 0.3 is 0 Å². The molecule has 0 radical (unpaired) electrons. The van der Waals surface area contributed by atoms with Crippen LogP contribution in [0.1, 0.15) is 11.3 Å². The van der Waals surface area contributed by atoms with Crippen molar-refractivity contribution in [1.29, 1.82) is 0 Å². The predicted molar refractivity (Wildman–Crippen MR) is 73.5 cm³/mol. The molecule has 0 fully saturated rings. The fraction of sp³-hybridized carbons (Fsp3) is 0.231. The Labute approximate surface area is 111 Å². The molecule has 0 aliphatic heterocycles. The zero-order chi connectivity index (χ0) is 13.0. The molecule has 2 N–H and O–H groups in total. The second kappa shape index (κ2) is 5.80. The van der Waals surface area contributed by atoms with E-state index < -0.39 is 0 Å². The van der Waals surface area contributed by atoms with Crippen molar-refractivity contribution in [2.45, 2.75) is 13.1 Å². The van der Waals surface area contributed by atoms with Gasteiger partial charge in [-0.15, -0.1) is 0 Å². The first-order chi connectivity index (χ1) is 8.70. The van der Waals surface area contributed by atoms with Crippen molar-refractivity contribution in [2.24, 2.45) is 5.73 Å². The number of nitrogens with two attached hydrogens (primary N) is 1. The van der Waals surface area contributed by atoms with E-state index in [0.29, 0.717) is 6.54 Å². The highest BCUT2D eigenvalue weighted by atomic mass is 35.5. The van der Waals surface area contributed by atoms with Gasteiger partial charge in [0.1, 0.15) is 0 Å². The lowest BCUT2D eigenvalue weighted by Gasteiger charge is -2.20. The Hall–Kier alpha value is -1.65. The molecular formula is C13H15ClN4. The standard InChI is InChI=1S/C13H15ClN4/c1-18(9-10-2-4-11(14)5-3-10)13-12(8-15)16-6-7-17-13/h2-7H,8-9,15H2,1H3. The van der Waals surface area contributed by atoms with E-state index in [2.05, 4.69) is 9.97 Å². The summed E-state index contributed by atoms with van der Waals surface area (Å²) in [4.78, 5) is 10.6. The molecule has 2 rings (SSSR count). The SMILES string of the molecule is CN(Cc1ccc(Cl)cc1)c1nccnc1CN. The summed E-state index contributed by atoms with van der Waals surface area (Å²) in [5.41, 5.74) is 7.62. The molecule has 1 aromatic heterocycles. The van der Waals surface area contributed by atoms with Crippen LogP contribution in [-0.2, 0) is 13.1 Å². The minimum Gasteiger partial charge on any atom is -0.354 e. The maximum atomic E-state index is 5.86. The van der Waals surface area contributed by atoms with Crippen LogP contribution in [0.4, 0.5) is 5.82 Å². The van der Waals surface area contributed by atoms with Crippen molar-refractivity contribution in [3.05, 3.63) is 52.9 Å². The second-order valence-electron chi connectivity index (χ2n) is 4.01. The minimum absolute atomic E-state index is 0.383. The monoisotopic (exact) mass is 262 g/mol. The maximum Gasteiger partial charge on any atom is 0.151 e. The van der Waals surface area contributed by atoms with Gasteiger partial charge in [0.2, 0.25) is 0 Å². The van der Waals surface area contributed by atoms with Crippen molar-refractivity contribution in [3.63, 3.8) is 0 Å². The first-order valence-electron chi connectivity index (χ1n) is 5.66. The lowest BCUT2D eigenvalue weighted by Crippen LogP contribution is -2.21. The Balaban J connectivity index is 2.16. The smallest absolute Gasteiger partial charge is 0.151 e. The van der Waals surface area contributed by atoms with Gasteiger partial charge in [0, 0.05) is 37.6 Å². The Kier molecular flexibility index (Phi) is 4.12. The Bertz CT molecular complexity index is 513. The summed E-state index contributed by atoms with van der Waals surface area (Å²) in [5, 5.41) is 0.739. The van der Waals surface area contributed by atoms with Crippen LogP contribution < -0.4 is 10.6 Å². The van der Waals surface area contributed by atoms with Gasteiger partial charge in [-0.05, 0) is 17.7 Å². The zero-order valence-corrected chi connectivity index (χ0v) is 10.9. The average molecular weight is 263 g/mol. The van der Waals surface area contributed by atoms with Gasteiger partial charge in [-0.2, -0.15) is 0 Å². The average Bonchev–Trinajstić information content (AvgIpc) is 2.41. The van der Waals surface area contributed by atoms with E-state index in [-0.39, 0.29) is 0 Å². The molecule has 0 amide bonds. The molecular weight excluding hydrogens is 248 g/mol. The number of hydrogen-bond donors (Lipinski definition) is 1. The molecule has 0 unspecified atom stereocenters. The molecule has 4 nitrogen and oxygen atoms in total. The van der Waals surface area contributed by atoms with E-state index in [1.54, 1.807) is 12.4 Å². The molecule has 0 spiro atoms. The Morgan fingerprint density at radius 3 is 2.50 bits per heavy atom. The number of rotatable bonds is 4. The van der Waals surface area contributed by atoms with E-state index in [1.807, 2.05) is 36.2 Å². The van der Waals surface area contributed by atoms with Gasteiger partial charge in [0.05, 0.1) is 5.69 Å². The molecule has 5 heteroatoms. The highest BCUT2D eigenvalue weighted by Crippen LogP contribution is 2.17. The van der Waals surface area contributed by atoms with Gasteiger partial charge < -0.3 is 10.6 Å².